The third kappa shape index (κ3) is 3.96. The smallest absolute Gasteiger partial charge is 0.246 e. The van der Waals surface area contributed by atoms with Crippen molar-refractivity contribution in [3.8, 4) is 0 Å². The molecule has 1 atom stereocenters. The van der Waals surface area contributed by atoms with Gasteiger partial charge in [0, 0.05) is 24.2 Å². The minimum atomic E-state index is -3.55. The van der Waals surface area contributed by atoms with Crippen LogP contribution in [0.5, 0.6) is 0 Å². The maximum Gasteiger partial charge on any atom is 0.246 e. The van der Waals surface area contributed by atoms with Crippen molar-refractivity contribution in [3.63, 3.8) is 0 Å². The molecule has 8 heteroatoms. The van der Waals surface area contributed by atoms with Crippen molar-refractivity contribution in [2.24, 2.45) is 23.2 Å². The van der Waals surface area contributed by atoms with Gasteiger partial charge in [0.1, 0.15) is 6.04 Å². The lowest BCUT2D eigenvalue weighted by molar-refractivity contribution is -0.147. The predicted octanol–water partition coefficient (Wildman–Crippen LogP) is 3.13. The summed E-state index contributed by atoms with van der Waals surface area (Å²) in [5.41, 5.74) is 0.124. The van der Waals surface area contributed by atoms with Crippen molar-refractivity contribution < 1.29 is 18.0 Å². The fourth-order valence-corrected chi connectivity index (χ4v) is 8.43. The van der Waals surface area contributed by atoms with Crippen LogP contribution in [-0.4, -0.2) is 43.7 Å². The van der Waals surface area contributed by atoms with Crippen molar-refractivity contribution >= 4 is 27.5 Å². The summed E-state index contributed by atoms with van der Waals surface area (Å²) in [5, 5.41) is 5.76. The normalized spacial score (nSPS) is 32.6. The number of carbonyl (C=O) groups is 2. The molecular weight excluding hydrogens is 426 g/mol. The van der Waals surface area contributed by atoms with E-state index in [9.17, 15) is 18.0 Å². The minimum Gasteiger partial charge on any atom is -0.344 e. The first-order valence-electron chi connectivity index (χ1n) is 12.0. The molecule has 1 aliphatic heterocycles. The van der Waals surface area contributed by atoms with Crippen LogP contribution in [0.25, 0.3) is 0 Å². The molecular formula is C24H33N3O4S. The summed E-state index contributed by atoms with van der Waals surface area (Å²) in [6.45, 7) is 2.76. The van der Waals surface area contributed by atoms with Crippen LogP contribution in [0.2, 0.25) is 0 Å². The van der Waals surface area contributed by atoms with E-state index in [-0.39, 0.29) is 22.1 Å². The van der Waals surface area contributed by atoms with Gasteiger partial charge >= 0.3 is 0 Å². The van der Waals surface area contributed by atoms with E-state index in [4.69, 9.17) is 0 Å². The highest BCUT2D eigenvalue weighted by atomic mass is 32.2. The Balaban J connectivity index is 1.23. The molecule has 5 fully saturated rings. The second-order valence-corrected chi connectivity index (χ2v) is 12.5. The quantitative estimate of drug-likeness (QED) is 0.683. The number of hydrogen-bond donors (Lipinski definition) is 2. The average Bonchev–Trinajstić information content (AvgIpc) is 3.29. The maximum atomic E-state index is 13.2. The van der Waals surface area contributed by atoms with Gasteiger partial charge in [-0.2, -0.15) is 4.31 Å². The van der Waals surface area contributed by atoms with E-state index < -0.39 is 16.1 Å². The molecule has 0 spiro atoms. The van der Waals surface area contributed by atoms with Gasteiger partial charge < -0.3 is 10.6 Å². The van der Waals surface area contributed by atoms with Crippen LogP contribution in [0.3, 0.4) is 0 Å². The van der Waals surface area contributed by atoms with Gasteiger partial charge in [0.05, 0.1) is 4.90 Å². The molecule has 1 aromatic carbocycles. The van der Waals surface area contributed by atoms with Crippen molar-refractivity contribution in [2.45, 2.75) is 69.2 Å². The molecule has 2 N–H and O–H groups in total. The molecule has 174 valence electrons. The lowest BCUT2D eigenvalue weighted by atomic mass is 9.49. The molecule has 32 heavy (non-hydrogen) atoms. The summed E-state index contributed by atoms with van der Waals surface area (Å²) in [4.78, 5) is 26.2. The summed E-state index contributed by atoms with van der Waals surface area (Å²) in [7, 11) is -3.55. The Hall–Kier alpha value is -1.93. The molecule has 5 aliphatic rings. The van der Waals surface area contributed by atoms with Gasteiger partial charge in [0.2, 0.25) is 21.8 Å². The Kier molecular flexibility index (Phi) is 5.56. The Morgan fingerprint density at radius 2 is 1.62 bits per heavy atom. The topological polar surface area (TPSA) is 95.6 Å². The maximum absolute atomic E-state index is 13.2. The zero-order chi connectivity index (χ0) is 22.5. The van der Waals surface area contributed by atoms with E-state index in [1.165, 1.54) is 29.6 Å². The average molecular weight is 460 g/mol. The molecule has 2 amide bonds. The summed E-state index contributed by atoms with van der Waals surface area (Å²) in [5.74, 6) is 1.67. The third-order valence-electron chi connectivity index (χ3n) is 8.07. The van der Waals surface area contributed by atoms with Gasteiger partial charge in [0.25, 0.3) is 0 Å². The number of rotatable bonds is 6. The number of amides is 2. The zero-order valence-electron chi connectivity index (χ0n) is 18.7. The SMILES string of the molecule is C[C@@H](NC(=O)C12CC3CC(CC(C3)C1)C2)C(=O)Nc1cccc(S(=O)(=O)N2CCCC2)c1. The molecule has 0 radical (unpaired) electrons. The van der Waals surface area contributed by atoms with Crippen molar-refractivity contribution in [1.82, 2.24) is 9.62 Å². The van der Waals surface area contributed by atoms with E-state index in [0.29, 0.717) is 36.5 Å². The first kappa shape index (κ1) is 21.9. The number of carbonyl (C=O) groups excluding carboxylic acids is 2. The second kappa shape index (κ2) is 8.13. The summed E-state index contributed by atoms with van der Waals surface area (Å²) >= 11 is 0. The van der Waals surface area contributed by atoms with Crippen LogP contribution in [0, 0.1) is 23.2 Å². The summed E-state index contributed by atoms with van der Waals surface area (Å²) in [6.07, 6.45) is 8.39. The highest BCUT2D eigenvalue weighted by molar-refractivity contribution is 7.89. The van der Waals surface area contributed by atoms with Crippen LogP contribution in [0.4, 0.5) is 5.69 Å². The molecule has 4 aliphatic carbocycles. The van der Waals surface area contributed by atoms with Gasteiger partial charge in [-0.1, -0.05) is 6.07 Å². The van der Waals surface area contributed by atoms with E-state index in [1.54, 1.807) is 25.1 Å². The number of anilines is 1. The summed E-state index contributed by atoms with van der Waals surface area (Å²) in [6, 6.07) is 5.68. The summed E-state index contributed by atoms with van der Waals surface area (Å²) < 4.78 is 27.1. The third-order valence-corrected chi connectivity index (χ3v) is 9.96. The van der Waals surface area contributed by atoms with E-state index in [2.05, 4.69) is 10.6 Å². The van der Waals surface area contributed by atoms with Crippen LogP contribution in [-0.2, 0) is 19.6 Å². The number of nitrogens with one attached hydrogen (secondary N) is 2. The fraction of sp³-hybridized carbons (Fsp3) is 0.667. The monoisotopic (exact) mass is 459 g/mol. The molecule has 1 saturated heterocycles. The molecule has 7 nitrogen and oxygen atoms in total. The molecule has 1 aromatic rings. The standard InChI is InChI=1S/C24H33N3O4S/c1-16(25-23(29)24-13-17-9-18(14-24)11-19(10-17)15-24)22(28)26-20-5-4-6-21(12-20)32(30,31)27-7-2-3-8-27/h4-6,12,16-19H,2-3,7-11,13-15H2,1H3,(H,25,29)(H,26,28)/t16-,17?,18?,19?,24?/m1/s1. The van der Waals surface area contributed by atoms with Gasteiger partial charge in [0.15, 0.2) is 0 Å². The van der Waals surface area contributed by atoms with Crippen LogP contribution in [0.1, 0.15) is 58.3 Å². The molecule has 0 unspecified atom stereocenters. The fourth-order valence-electron chi connectivity index (χ4n) is 6.87. The first-order valence-corrected chi connectivity index (χ1v) is 13.4. The minimum absolute atomic E-state index is 0.0182. The van der Waals surface area contributed by atoms with E-state index in [1.807, 2.05) is 0 Å². The van der Waals surface area contributed by atoms with Crippen LogP contribution in [0.15, 0.2) is 29.2 Å². The van der Waals surface area contributed by atoms with Gasteiger partial charge in [-0.05, 0) is 94.2 Å². The number of hydrogen-bond acceptors (Lipinski definition) is 4. The lowest BCUT2D eigenvalue weighted by Gasteiger charge is -2.55. The van der Waals surface area contributed by atoms with Gasteiger partial charge in [-0.25, -0.2) is 8.42 Å². The second-order valence-electron chi connectivity index (χ2n) is 10.5. The highest BCUT2D eigenvalue weighted by Crippen LogP contribution is 2.60. The van der Waals surface area contributed by atoms with E-state index >= 15 is 0 Å². The number of sulfonamides is 1. The Morgan fingerprint density at radius 3 is 2.22 bits per heavy atom. The largest absolute Gasteiger partial charge is 0.344 e. The number of benzene rings is 1. The lowest BCUT2D eigenvalue weighted by Crippen LogP contribution is -2.56. The van der Waals surface area contributed by atoms with Crippen LogP contribution >= 0.6 is 0 Å². The predicted molar refractivity (Wildman–Crippen MR) is 121 cm³/mol. The molecule has 4 bridgehead atoms. The van der Waals surface area contributed by atoms with Crippen molar-refractivity contribution in [3.05, 3.63) is 24.3 Å². The van der Waals surface area contributed by atoms with E-state index in [0.717, 1.165) is 32.1 Å². The molecule has 1 heterocycles. The molecule has 4 saturated carbocycles. The Labute approximate surface area is 190 Å². The Morgan fingerprint density at radius 1 is 1.03 bits per heavy atom. The zero-order valence-corrected chi connectivity index (χ0v) is 19.5. The van der Waals surface area contributed by atoms with Crippen molar-refractivity contribution in [2.75, 3.05) is 18.4 Å². The van der Waals surface area contributed by atoms with Crippen molar-refractivity contribution in [1.29, 1.82) is 0 Å². The highest BCUT2D eigenvalue weighted by Gasteiger charge is 2.54. The van der Waals surface area contributed by atoms with Gasteiger partial charge in [-0.15, -0.1) is 0 Å². The van der Waals surface area contributed by atoms with Gasteiger partial charge in [-0.3, -0.25) is 9.59 Å². The Bertz CT molecular complexity index is 981. The first-order chi connectivity index (χ1) is 15.2. The number of nitrogens with zero attached hydrogens (tertiary/aromatic N) is 1. The molecule has 0 aromatic heterocycles. The molecule has 6 rings (SSSR count). The van der Waals surface area contributed by atoms with Crippen LogP contribution < -0.4 is 10.6 Å².